The first-order valence-electron chi connectivity index (χ1n) is 3.56. The maximum atomic E-state index is 10.7. The highest BCUT2D eigenvalue weighted by atomic mass is 35.5. The number of primary amides is 1. The van der Waals surface area contributed by atoms with Gasteiger partial charge in [0.25, 0.3) is 0 Å². The maximum Gasteiger partial charge on any atom is 0.319 e. The van der Waals surface area contributed by atoms with Gasteiger partial charge in [0, 0.05) is 6.54 Å². The number of halogens is 1. The van der Waals surface area contributed by atoms with Crippen LogP contribution >= 0.6 is 12.4 Å². The van der Waals surface area contributed by atoms with Crippen molar-refractivity contribution in [3.8, 4) is 0 Å². The Morgan fingerprint density at radius 3 is 2.58 bits per heavy atom. The van der Waals surface area contributed by atoms with E-state index in [1.54, 1.807) is 5.94 Å². The summed E-state index contributed by atoms with van der Waals surface area (Å²) >= 11 is 0. The highest BCUT2D eigenvalue weighted by Crippen LogP contribution is 2.16. The van der Waals surface area contributed by atoms with Crippen LogP contribution in [0.1, 0.15) is 19.3 Å². The summed E-state index contributed by atoms with van der Waals surface area (Å²) in [6.45, 7) is 0.555. The highest BCUT2D eigenvalue weighted by molar-refractivity contribution is 5.85. The molecule has 0 radical (unpaired) electrons. The van der Waals surface area contributed by atoms with E-state index in [0.717, 1.165) is 12.8 Å². The first-order valence-corrected chi connectivity index (χ1v) is 3.56. The molecule has 2 amide bonds. The monoisotopic (exact) mass is 190 g/mol. The molecule has 1 heterocycles. The fourth-order valence-electron chi connectivity index (χ4n) is 1.18. The minimum absolute atomic E-state index is 0. The number of allylic oxidation sites excluding steroid dienone is 1. The second kappa shape index (κ2) is 4.80. The van der Waals surface area contributed by atoms with Gasteiger partial charge in [-0.1, -0.05) is 0 Å². The van der Waals surface area contributed by atoms with Crippen molar-refractivity contribution in [2.45, 2.75) is 19.3 Å². The molecule has 4 nitrogen and oxygen atoms in total. The van der Waals surface area contributed by atoms with E-state index in [1.807, 2.05) is 0 Å². The molecule has 0 aromatic heterocycles. The van der Waals surface area contributed by atoms with Crippen LogP contribution in [0.25, 0.3) is 0 Å². The number of piperidine rings is 1. The SMILES string of the molecule is Cl.NC(=O)N1CCCCC1=C=O. The molecular weight excluding hydrogens is 180 g/mol. The summed E-state index contributed by atoms with van der Waals surface area (Å²) in [5, 5.41) is 0. The summed E-state index contributed by atoms with van der Waals surface area (Å²) in [4.78, 5) is 22.2. The molecular formula is C7H11ClN2O2. The van der Waals surface area contributed by atoms with Gasteiger partial charge in [-0.2, -0.15) is 0 Å². The Morgan fingerprint density at radius 2 is 2.17 bits per heavy atom. The van der Waals surface area contributed by atoms with Crippen molar-refractivity contribution < 1.29 is 9.59 Å². The van der Waals surface area contributed by atoms with E-state index in [9.17, 15) is 9.59 Å². The van der Waals surface area contributed by atoms with Crippen LogP contribution in [0.3, 0.4) is 0 Å². The molecule has 1 saturated heterocycles. The van der Waals surface area contributed by atoms with Crippen molar-refractivity contribution >= 4 is 24.4 Å². The molecule has 0 aliphatic carbocycles. The first kappa shape index (κ1) is 11.0. The molecule has 0 atom stereocenters. The Labute approximate surface area is 76.8 Å². The molecule has 5 heteroatoms. The van der Waals surface area contributed by atoms with Crippen molar-refractivity contribution in [1.82, 2.24) is 4.90 Å². The number of rotatable bonds is 0. The second-order valence-corrected chi connectivity index (χ2v) is 2.50. The maximum absolute atomic E-state index is 10.7. The van der Waals surface area contributed by atoms with Crippen molar-refractivity contribution in [2.75, 3.05) is 6.54 Å². The zero-order valence-corrected chi connectivity index (χ0v) is 7.39. The zero-order chi connectivity index (χ0) is 8.27. The first-order chi connectivity index (χ1) is 5.25. The molecule has 2 N–H and O–H groups in total. The molecule has 0 saturated carbocycles. The summed E-state index contributed by atoms with van der Waals surface area (Å²) < 4.78 is 0. The minimum Gasteiger partial charge on any atom is -0.351 e. The predicted molar refractivity (Wildman–Crippen MR) is 46.6 cm³/mol. The fourth-order valence-corrected chi connectivity index (χ4v) is 1.18. The number of carbonyl (C=O) groups is 1. The van der Waals surface area contributed by atoms with E-state index in [-0.39, 0.29) is 12.4 Å². The summed E-state index contributed by atoms with van der Waals surface area (Å²) in [7, 11) is 0. The van der Waals surface area contributed by atoms with E-state index >= 15 is 0 Å². The smallest absolute Gasteiger partial charge is 0.319 e. The zero-order valence-electron chi connectivity index (χ0n) is 6.58. The van der Waals surface area contributed by atoms with Gasteiger partial charge in [-0.3, -0.25) is 4.90 Å². The Bertz CT molecular complexity index is 223. The van der Waals surface area contributed by atoms with Gasteiger partial charge in [0.15, 0.2) is 0 Å². The molecule has 0 bridgehead atoms. The van der Waals surface area contributed by atoms with Crippen LogP contribution in [0.15, 0.2) is 5.70 Å². The van der Waals surface area contributed by atoms with Crippen LogP contribution < -0.4 is 5.73 Å². The number of carbonyl (C=O) groups excluding carboxylic acids is 2. The number of hydrogen-bond acceptors (Lipinski definition) is 2. The minimum atomic E-state index is -0.553. The number of likely N-dealkylation sites (tertiary alicyclic amines) is 1. The highest BCUT2D eigenvalue weighted by Gasteiger charge is 2.19. The Morgan fingerprint density at radius 1 is 1.50 bits per heavy atom. The lowest BCUT2D eigenvalue weighted by Crippen LogP contribution is -2.38. The van der Waals surface area contributed by atoms with Gasteiger partial charge >= 0.3 is 6.03 Å². The van der Waals surface area contributed by atoms with E-state index in [4.69, 9.17) is 5.73 Å². The van der Waals surface area contributed by atoms with Gasteiger partial charge in [0.2, 0.25) is 0 Å². The molecule has 68 valence electrons. The average molecular weight is 191 g/mol. The van der Waals surface area contributed by atoms with Crippen LogP contribution in [0.4, 0.5) is 4.79 Å². The topological polar surface area (TPSA) is 63.4 Å². The van der Waals surface area contributed by atoms with Gasteiger partial charge in [0.05, 0.1) is 0 Å². The van der Waals surface area contributed by atoms with Crippen LogP contribution in [-0.2, 0) is 4.79 Å². The molecule has 1 aliphatic heterocycles. The quantitative estimate of drug-likeness (QED) is 0.572. The molecule has 0 spiro atoms. The van der Waals surface area contributed by atoms with Crippen molar-refractivity contribution in [3.05, 3.63) is 5.70 Å². The van der Waals surface area contributed by atoms with Gasteiger partial charge < -0.3 is 5.73 Å². The van der Waals surface area contributed by atoms with Gasteiger partial charge in [-0.05, 0) is 19.3 Å². The van der Waals surface area contributed by atoms with Crippen LogP contribution in [-0.4, -0.2) is 23.4 Å². The molecule has 0 aromatic rings. The number of nitrogens with two attached hydrogens (primary N) is 1. The van der Waals surface area contributed by atoms with Gasteiger partial charge in [-0.15, -0.1) is 12.4 Å². The van der Waals surface area contributed by atoms with Gasteiger partial charge in [-0.25, -0.2) is 9.59 Å². The van der Waals surface area contributed by atoms with E-state index in [2.05, 4.69) is 0 Å². The lowest BCUT2D eigenvalue weighted by molar-refractivity contribution is 0.213. The standard InChI is InChI=1S/C7H10N2O2.ClH/c8-7(11)9-4-2-1-3-6(9)5-10;/h1-4H2,(H2,8,11);1H. The summed E-state index contributed by atoms with van der Waals surface area (Å²) in [6, 6.07) is -0.553. The number of nitrogens with zero attached hydrogens (tertiary/aromatic N) is 1. The van der Waals surface area contributed by atoms with Crippen molar-refractivity contribution in [3.63, 3.8) is 0 Å². The molecule has 0 unspecified atom stereocenters. The Kier molecular flexibility index (Phi) is 4.40. The van der Waals surface area contributed by atoms with Crippen LogP contribution in [0, 0.1) is 0 Å². The largest absolute Gasteiger partial charge is 0.351 e. The third-order valence-corrected chi connectivity index (χ3v) is 1.75. The summed E-state index contributed by atoms with van der Waals surface area (Å²) in [6.07, 6.45) is 2.47. The molecule has 12 heavy (non-hydrogen) atoms. The second-order valence-electron chi connectivity index (χ2n) is 2.50. The van der Waals surface area contributed by atoms with E-state index in [1.165, 1.54) is 4.90 Å². The average Bonchev–Trinajstić information content (AvgIpc) is 2.04. The van der Waals surface area contributed by atoms with Crippen LogP contribution in [0.5, 0.6) is 0 Å². The number of hydrogen-bond donors (Lipinski definition) is 1. The van der Waals surface area contributed by atoms with Crippen LogP contribution in [0.2, 0.25) is 0 Å². The molecule has 1 aliphatic rings. The van der Waals surface area contributed by atoms with Crippen molar-refractivity contribution in [1.29, 1.82) is 0 Å². The predicted octanol–water partition coefficient (Wildman–Crippen LogP) is 0.688. The normalized spacial score (nSPS) is 16.3. The third-order valence-electron chi connectivity index (χ3n) is 1.75. The molecule has 1 rings (SSSR count). The Hall–Kier alpha value is -0.990. The lowest BCUT2D eigenvalue weighted by Gasteiger charge is -2.24. The fraction of sp³-hybridized carbons (Fsp3) is 0.571. The summed E-state index contributed by atoms with van der Waals surface area (Å²) in [5.74, 6) is 1.73. The van der Waals surface area contributed by atoms with Crippen molar-refractivity contribution in [2.24, 2.45) is 5.73 Å². The Balaban J connectivity index is 0.00000121. The van der Waals surface area contributed by atoms with Gasteiger partial charge in [0.1, 0.15) is 11.6 Å². The third kappa shape index (κ3) is 2.26. The number of urea groups is 1. The molecule has 0 aromatic carbocycles. The van der Waals surface area contributed by atoms with E-state index in [0.29, 0.717) is 18.7 Å². The molecule has 1 fully saturated rings. The van der Waals surface area contributed by atoms with E-state index < -0.39 is 6.03 Å². The summed E-state index contributed by atoms with van der Waals surface area (Å²) in [5.41, 5.74) is 5.41. The number of amides is 2. The lowest BCUT2D eigenvalue weighted by atomic mass is 10.1.